The van der Waals surface area contributed by atoms with Crippen LogP contribution in [0.15, 0.2) is 52.5 Å². The Morgan fingerprint density at radius 1 is 1.28 bits per heavy atom. The largest absolute Gasteiger partial charge is 0.456 e. The second-order valence-electron chi connectivity index (χ2n) is 6.08. The summed E-state index contributed by atoms with van der Waals surface area (Å²) in [5.41, 5.74) is 2.27. The Morgan fingerprint density at radius 2 is 2.14 bits per heavy atom. The number of hydrogen-bond donors (Lipinski definition) is 1. The first kappa shape index (κ1) is 18.7. The zero-order valence-corrected chi connectivity index (χ0v) is 15.9. The van der Waals surface area contributed by atoms with Crippen molar-refractivity contribution in [3.8, 4) is 10.4 Å². The molecular formula is C19H14FN5O3S. The quantitative estimate of drug-likeness (QED) is 0.486. The van der Waals surface area contributed by atoms with E-state index in [-0.39, 0.29) is 29.6 Å². The number of aromatic nitrogens is 4. The van der Waals surface area contributed by atoms with Gasteiger partial charge in [-0.05, 0) is 29.8 Å². The first-order valence-corrected chi connectivity index (χ1v) is 9.38. The highest BCUT2D eigenvalue weighted by Gasteiger charge is 2.18. The van der Waals surface area contributed by atoms with Crippen LogP contribution in [0.5, 0.6) is 0 Å². The first-order chi connectivity index (χ1) is 14.0. The Bertz CT molecular complexity index is 1200. The summed E-state index contributed by atoms with van der Waals surface area (Å²) in [5, 5.41) is 10.9. The van der Waals surface area contributed by atoms with Gasteiger partial charge in [-0.25, -0.2) is 9.37 Å². The van der Waals surface area contributed by atoms with Gasteiger partial charge in [0.1, 0.15) is 23.8 Å². The van der Waals surface area contributed by atoms with Gasteiger partial charge in [-0.15, -0.1) is 16.4 Å². The van der Waals surface area contributed by atoms with Crippen molar-refractivity contribution in [2.45, 2.75) is 13.5 Å². The molecule has 4 aromatic rings. The maximum Gasteiger partial charge on any atom is 0.277 e. The molecule has 0 bridgehead atoms. The molecule has 0 aliphatic rings. The second kappa shape index (κ2) is 7.76. The topological polar surface area (TPSA) is 103 Å². The van der Waals surface area contributed by atoms with Crippen LogP contribution < -0.4 is 5.32 Å². The van der Waals surface area contributed by atoms with Crippen LogP contribution in [0.3, 0.4) is 0 Å². The molecular weight excluding hydrogens is 397 g/mol. The number of Topliss-reactive ketones (excluding diaryl/α,β-unsaturated/α-hetero) is 1. The van der Waals surface area contributed by atoms with Crippen molar-refractivity contribution in [3.05, 3.63) is 71.1 Å². The van der Waals surface area contributed by atoms with Crippen LogP contribution in [-0.2, 0) is 6.54 Å². The summed E-state index contributed by atoms with van der Waals surface area (Å²) in [7, 11) is 0. The standard InChI is InChI=1S/C19H14FN5O3S/c1-11(26)15-6-5-14(28-15)9-25-22-8-16(24-25)23-19(27)17-18(29-10-21-17)12-3-2-4-13(20)7-12/h2-8,10H,9H2,1H3,(H,23,24,27). The van der Waals surface area contributed by atoms with Crippen molar-refractivity contribution in [1.29, 1.82) is 0 Å². The number of carbonyl (C=O) groups is 2. The molecule has 3 heterocycles. The number of nitrogens with one attached hydrogen (secondary N) is 1. The van der Waals surface area contributed by atoms with Crippen LogP contribution >= 0.6 is 11.3 Å². The van der Waals surface area contributed by atoms with E-state index >= 15 is 0 Å². The zero-order chi connectivity index (χ0) is 20.4. The summed E-state index contributed by atoms with van der Waals surface area (Å²) in [4.78, 5) is 29.9. The minimum atomic E-state index is -0.477. The number of ketones is 1. The van der Waals surface area contributed by atoms with E-state index in [1.807, 2.05) is 0 Å². The van der Waals surface area contributed by atoms with Gasteiger partial charge in [0.2, 0.25) is 0 Å². The molecule has 0 aliphatic carbocycles. The summed E-state index contributed by atoms with van der Waals surface area (Å²) in [6.45, 7) is 1.62. The smallest absolute Gasteiger partial charge is 0.277 e. The number of halogens is 1. The molecule has 1 aromatic carbocycles. The first-order valence-electron chi connectivity index (χ1n) is 8.50. The molecule has 0 atom stereocenters. The second-order valence-corrected chi connectivity index (χ2v) is 6.93. The molecule has 0 spiro atoms. The zero-order valence-electron chi connectivity index (χ0n) is 15.1. The molecule has 146 valence electrons. The average molecular weight is 411 g/mol. The van der Waals surface area contributed by atoms with Gasteiger partial charge < -0.3 is 9.73 Å². The Hall–Kier alpha value is -3.66. The van der Waals surface area contributed by atoms with Gasteiger partial charge in [-0.1, -0.05) is 12.1 Å². The molecule has 1 N–H and O–H groups in total. The molecule has 0 saturated heterocycles. The van der Waals surface area contributed by atoms with E-state index in [0.29, 0.717) is 16.2 Å². The van der Waals surface area contributed by atoms with Crippen molar-refractivity contribution in [3.63, 3.8) is 0 Å². The fourth-order valence-corrected chi connectivity index (χ4v) is 3.42. The summed E-state index contributed by atoms with van der Waals surface area (Å²) in [6.07, 6.45) is 1.39. The van der Waals surface area contributed by atoms with Gasteiger partial charge in [0.05, 0.1) is 16.6 Å². The van der Waals surface area contributed by atoms with Gasteiger partial charge in [-0.3, -0.25) is 9.59 Å². The molecule has 4 rings (SSSR count). The summed E-state index contributed by atoms with van der Waals surface area (Å²) in [5.74, 6) is -0.0438. The highest BCUT2D eigenvalue weighted by Crippen LogP contribution is 2.28. The third-order valence-electron chi connectivity index (χ3n) is 3.95. The van der Waals surface area contributed by atoms with Crippen LogP contribution in [0.2, 0.25) is 0 Å². The lowest BCUT2D eigenvalue weighted by Crippen LogP contribution is -2.14. The van der Waals surface area contributed by atoms with E-state index in [1.54, 1.807) is 24.3 Å². The number of furan rings is 1. The van der Waals surface area contributed by atoms with Crippen LogP contribution in [0.25, 0.3) is 10.4 Å². The molecule has 3 aromatic heterocycles. The number of thiazole rings is 1. The van der Waals surface area contributed by atoms with Crippen molar-refractivity contribution >= 4 is 28.8 Å². The number of carbonyl (C=O) groups excluding carboxylic acids is 2. The third-order valence-corrected chi connectivity index (χ3v) is 4.83. The fourth-order valence-electron chi connectivity index (χ4n) is 2.64. The van der Waals surface area contributed by atoms with E-state index in [4.69, 9.17) is 4.42 Å². The normalized spacial score (nSPS) is 10.8. The minimum absolute atomic E-state index is 0.171. The van der Waals surface area contributed by atoms with Crippen molar-refractivity contribution in [2.24, 2.45) is 0 Å². The SMILES string of the molecule is CC(=O)c1ccc(Cn2ncc(NC(=O)c3ncsc3-c3cccc(F)c3)n2)o1. The number of anilines is 1. The van der Waals surface area contributed by atoms with Gasteiger partial charge in [-0.2, -0.15) is 9.90 Å². The monoisotopic (exact) mass is 411 g/mol. The number of nitrogens with zero attached hydrogens (tertiary/aromatic N) is 4. The number of hydrogen-bond acceptors (Lipinski definition) is 7. The third kappa shape index (κ3) is 4.11. The Balaban J connectivity index is 1.47. The van der Waals surface area contributed by atoms with Crippen molar-refractivity contribution < 1.29 is 18.4 Å². The maximum atomic E-state index is 13.5. The molecule has 29 heavy (non-hydrogen) atoms. The fraction of sp³-hybridized carbons (Fsp3) is 0.105. The predicted molar refractivity (Wildman–Crippen MR) is 103 cm³/mol. The van der Waals surface area contributed by atoms with E-state index < -0.39 is 11.7 Å². The van der Waals surface area contributed by atoms with E-state index in [9.17, 15) is 14.0 Å². The van der Waals surface area contributed by atoms with Crippen LogP contribution in [0.4, 0.5) is 10.2 Å². The molecule has 10 heteroatoms. The van der Waals surface area contributed by atoms with E-state index in [2.05, 4.69) is 20.5 Å². The van der Waals surface area contributed by atoms with E-state index in [1.165, 1.54) is 46.9 Å². The Labute approximate surface area is 168 Å². The highest BCUT2D eigenvalue weighted by atomic mass is 32.1. The minimum Gasteiger partial charge on any atom is -0.456 e. The molecule has 0 radical (unpaired) electrons. The molecule has 0 aliphatic heterocycles. The number of rotatable bonds is 6. The van der Waals surface area contributed by atoms with Crippen molar-refractivity contribution in [1.82, 2.24) is 20.0 Å². The van der Waals surface area contributed by atoms with Gasteiger partial charge in [0, 0.05) is 6.92 Å². The Morgan fingerprint density at radius 3 is 2.90 bits per heavy atom. The van der Waals surface area contributed by atoms with E-state index in [0.717, 1.165) is 0 Å². The van der Waals surface area contributed by atoms with Gasteiger partial charge in [0.15, 0.2) is 17.4 Å². The Kier molecular flexibility index (Phi) is 5.00. The van der Waals surface area contributed by atoms with Crippen LogP contribution in [0, 0.1) is 5.82 Å². The van der Waals surface area contributed by atoms with Gasteiger partial charge in [0.25, 0.3) is 5.91 Å². The van der Waals surface area contributed by atoms with Crippen molar-refractivity contribution in [2.75, 3.05) is 5.32 Å². The molecule has 0 fully saturated rings. The van der Waals surface area contributed by atoms with Crippen LogP contribution in [0.1, 0.15) is 33.7 Å². The maximum absolute atomic E-state index is 13.5. The summed E-state index contributed by atoms with van der Waals surface area (Å²) < 4.78 is 18.9. The van der Waals surface area contributed by atoms with Gasteiger partial charge >= 0.3 is 0 Å². The lowest BCUT2D eigenvalue weighted by Gasteiger charge is -2.03. The predicted octanol–water partition coefficient (Wildman–Crippen LogP) is 3.64. The average Bonchev–Trinajstić information content (AvgIpc) is 3.42. The highest BCUT2D eigenvalue weighted by molar-refractivity contribution is 7.13. The lowest BCUT2D eigenvalue weighted by atomic mass is 10.1. The summed E-state index contributed by atoms with van der Waals surface area (Å²) >= 11 is 1.24. The summed E-state index contributed by atoms with van der Waals surface area (Å²) in [6, 6.07) is 9.21. The number of amides is 1. The van der Waals surface area contributed by atoms with Crippen LogP contribution in [-0.4, -0.2) is 31.7 Å². The molecule has 8 nitrogen and oxygen atoms in total. The molecule has 1 amide bonds. The molecule has 0 unspecified atom stereocenters. The molecule has 0 saturated carbocycles. The number of benzene rings is 1. The lowest BCUT2D eigenvalue weighted by molar-refractivity contribution is 0.0983.